The van der Waals surface area contributed by atoms with Crippen molar-refractivity contribution in [3.8, 4) is 11.5 Å². The van der Waals surface area contributed by atoms with Gasteiger partial charge in [-0.05, 0) is 55.8 Å². The number of carbonyl (C=O) groups is 1. The highest BCUT2D eigenvalue weighted by molar-refractivity contribution is 7.92. The van der Waals surface area contributed by atoms with E-state index < -0.39 is 22.5 Å². The van der Waals surface area contributed by atoms with Crippen LogP contribution < -0.4 is 18.7 Å². The fourth-order valence-corrected chi connectivity index (χ4v) is 5.55. The summed E-state index contributed by atoms with van der Waals surface area (Å²) in [4.78, 5) is 21.3. The molecule has 1 aromatic heterocycles. The highest BCUT2D eigenvalue weighted by Crippen LogP contribution is 2.36. The quantitative estimate of drug-likeness (QED) is 0.344. The monoisotopic (exact) mass is 560 g/mol. The molecule has 0 radical (unpaired) electrons. The number of hydrogen-bond donors (Lipinski definition) is 0. The Kier molecular flexibility index (Phi) is 9.45. The van der Waals surface area contributed by atoms with Crippen LogP contribution in [-0.2, 0) is 21.4 Å². The maximum absolute atomic E-state index is 14.1. The number of aryl methyl sites for hydroxylation is 1. The molecule has 0 atom stereocenters. The van der Waals surface area contributed by atoms with Crippen molar-refractivity contribution >= 4 is 38.9 Å². The zero-order valence-electron chi connectivity index (χ0n) is 22.4. The van der Waals surface area contributed by atoms with E-state index in [9.17, 15) is 13.2 Å². The van der Waals surface area contributed by atoms with Crippen LogP contribution in [0.1, 0.15) is 18.2 Å². The molecule has 0 aliphatic heterocycles. The molecule has 38 heavy (non-hydrogen) atoms. The molecule has 0 aliphatic carbocycles. The van der Waals surface area contributed by atoms with Crippen LogP contribution in [0, 0.1) is 6.92 Å². The molecule has 0 N–H and O–H groups in total. The Morgan fingerprint density at radius 1 is 1.03 bits per heavy atom. The molecule has 0 aliphatic rings. The molecule has 0 saturated carbocycles. The van der Waals surface area contributed by atoms with Crippen molar-refractivity contribution in [1.29, 1.82) is 0 Å². The third-order valence-electron chi connectivity index (χ3n) is 6.13. The minimum atomic E-state index is -4.26. The van der Waals surface area contributed by atoms with Crippen molar-refractivity contribution in [2.24, 2.45) is 0 Å². The molecule has 0 fully saturated rings. The van der Waals surface area contributed by atoms with Crippen LogP contribution in [0.3, 0.4) is 0 Å². The Bertz CT molecular complexity index is 1400. The first-order valence-electron chi connectivity index (χ1n) is 11.9. The normalized spacial score (nSPS) is 11.1. The van der Waals surface area contributed by atoms with Crippen LogP contribution in [0.2, 0.25) is 5.02 Å². The van der Waals surface area contributed by atoms with Crippen LogP contribution >= 0.6 is 11.6 Å². The molecule has 0 saturated heterocycles. The van der Waals surface area contributed by atoms with E-state index >= 15 is 0 Å². The van der Waals surface area contributed by atoms with Gasteiger partial charge in [0.05, 0.1) is 42.1 Å². The van der Waals surface area contributed by atoms with E-state index in [1.807, 2.05) is 45.0 Å². The number of halogens is 1. The van der Waals surface area contributed by atoms with E-state index in [0.29, 0.717) is 12.3 Å². The second-order valence-corrected chi connectivity index (χ2v) is 11.0. The highest BCUT2D eigenvalue weighted by Gasteiger charge is 2.31. The minimum Gasteiger partial charge on any atom is -0.493 e. The third kappa shape index (κ3) is 6.31. The van der Waals surface area contributed by atoms with Gasteiger partial charge in [0.25, 0.3) is 10.0 Å². The molecular weight excluding hydrogens is 528 g/mol. The molecule has 204 valence electrons. The fraction of sp³-hybridized carbons (Fsp3) is 0.333. The van der Waals surface area contributed by atoms with E-state index in [0.717, 1.165) is 21.2 Å². The van der Waals surface area contributed by atoms with Crippen molar-refractivity contribution in [2.45, 2.75) is 25.3 Å². The van der Waals surface area contributed by atoms with Crippen molar-refractivity contribution in [1.82, 2.24) is 9.88 Å². The van der Waals surface area contributed by atoms with Gasteiger partial charge in [0, 0.05) is 38.6 Å². The third-order valence-corrected chi connectivity index (χ3v) is 8.20. The number of aromatic nitrogens is 1. The van der Waals surface area contributed by atoms with Gasteiger partial charge in [0.15, 0.2) is 11.5 Å². The molecule has 9 nitrogen and oxygen atoms in total. The summed E-state index contributed by atoms with van der Waals surface area (Å²) >= 11 is 6.54. The van der Waals surface area contributed by atoms with Crippen molar-refractivity contribution in [3.05, 3.63) is 71.0 Å². The van der Waals surface area contributed by atoms with Crippen LogP contribution in [0.25, 0.3) is 0 Å². The molecule has 1 heterocycles. The van der Waals surface area contributed by atoms with Gasteiger partial charge in [-0.25, -0.2) is 8.42 Å². The molecule has 3 aromatic rings. The van der Waals surface area contributed by atoms with Crippen LogP contribution in [-0.4, -0.2) is 65.6 Å². The Morgan fingerprint density at radius 2 is 1.74 bits per heavy atom. The SMILES string of the molecule is CCN(Cc1ncccc1C)C(=O)CN(c1cc(N(C)C)ccc1Cl)S(=O)(=O)c1ccc(OC)c(OC)c1. The average molecular weight is 561 g/mol. The van der Waals surface area contributed by atoms with Crippen LogP contribution in [0.15, 0.2) is 59.6 Å². The molecule has 11 heteroatoms. The average Bonchev–Trinajstić information content (AvgIpc) is 2.90. The highest BCUT2D eigenvalue weighted by atomic mass is 35.5. The second kappa shape index (κ2) is 12.4. The number of benzene rings is 2. The van der Waals surface area contributed by atoms with Gasteiger partial charge in [-0.15, -0.1) is 0 Å². The van der Waals surface area contributed by atoms with Gasteiger partial charge in [-0.2, -0.15) is 0 Å². The number of hydrogen-bond acceptors (Lipinski definition) is 7. The van der Waals surface area contributed by atoms with Gasteiger partial charge in [-0.1, -0.05) is 17.7 Å². The van der Waals surface area contributed by atoms with E-state index in [4.69, 9.17) is 21.1 Å². The molecule has 0 spiro atoms. The van der Waals surface area contributed by atoms with E-state index in [1.54, 1.807) is 29.3 Å². The van der Waals surface area contributed by atoms with E-state index in [2.05, 4.69) is 4.98 Å². The lowest BCUT2D eigenvalue weighted by atomic mass is 10.2. The molecular formula is C27H33ClN4O5S. The van der Waals surface area contributed by atoms with Crippen LogP contribution in [0.4, 0.5) is 11.4 Å². The molecule has 2 aromatic carbocycles. The number of ether oxygens (including phenoxy) is 2. The maximum Gasteiger partial charge on any atom is 0.264 e. The van der Waals surface area contributed by atoms with Gasteiger partial charge >= 0.3 is 0 Å². The number of likely N-dealkylation sites (N-methyl/N-ethyl adjacent to an activating group) is 1. The number of rotatable bonds is 11. The number of methoxy groups -OCH3 is 2. The summed E-state index contributed by atoms with van der Waals surface area (Å²) in [5.74, 6) is 0.228. The zero-order valence-corrected chi connectivity index (χ0v) is 24.0. The predicted molar refractivity (Wildman–Crippen MR) is 150 cm³/mol. The lowest BCUT2D eigenvalue weighted by molar-refractivity contribution is -0.130. The largest absolute Gasteiger partial charge is 0.493 e. The van der Waals surface area contributed by atoms with Gasteiger partial charge in [-0.3, -0.25) is 14.1 Å². The standard InChI is InChI=1S/C27H33ClN4O5S/c1-7-31(17-23-19(2)9-8-14-29-23)27(33)18-32(24-15-20(30(3)4)10-12-22(24)28)38(34,35)21-11-13-25(36-5)26(16-21)37-6/h8-16H,7,17-18H2,1-6H3. The van der Waals surface area contributed by atoms with Gasteiger partial charge in [0.2, 0.25) is 5.91 Å². The summed E-state index contributed by atoms with van der Waals surface area (Å²) < 4.78 is 39.8. The summed E-state index contributed by atoms with van der Waals surface area (Å²) in [6.45, 7) is 3.90. The van der Waals surface area contributed by atoms with E-state index in [1.165, 1.54) is 32.4 Å². The van der Waals surface area contributed by atoms with Gasteiger partial charge < -0.3 is 19.3 Å². The smallest absolute Gasteiger partial charge is 0.264 e. The molecule has 3 rings (SSSR count). The second-order valence-electron chi connectivity index (χ2n) is 8.73. The number of anilines is 2. The number of carbonyl (C=O) groups excluding carboxylic acids is 1. The Morgan fingerprint density at radius 3 is 2.34 bits per heavy atom. The van der Waals surface area contributed by atoms with Crippen LogP contribution in [0.5, 0.6) is 11.5 Å². The topological polar surface area (TPSA) is 92.3 Å². The first-order chi connectivity index (χ1) is 18.0. The summed E-state index contributed by atoms with van der Waals surface area (Å²) in [5, 5.41) is 0.191. The minimum absolute atomic E-state index is 0.0714. The number of pyridine rings is 1. The predicted octanol–water partition coefficient (Wildman–Crippen LogP) is 4.37. The first kappa shape index (κ1) is 29.1. The number of amides is 1. The maximum atomic E-state index is 14.1. The summed E-state index contributed by atoms with van der Waals surface area (Å²) in [6.07, 6.45) is 1.67. The van der Waals surface area contributed by atoms with Gasteiger partial charge in [0.1, 0.15) is 6.54 Å². The van der Waals surface area contributed by atoms with Crippen molar-refractivity contribution in [3.63, 3.8) is 0 Å². The Hall–Kier alpha value is -3.50. The van der Waals surface area contributed by atoms with E-state index in [-0.39, 0.29) is 27.9 Å². The fourth-order valence-electron chi connectivity index (χ4n) is 3.84. The van der Waals surface area contributed by atoms with Crippen molar-refractivity contribution < 1.29 is 22.7 Å². The summed E-state index contributed by atoms with van der Waals surface area (Å²) in [7, 11) is 2.29. The number of sulfonamides is 1. The lowest BCUT2D eigenvalue weighted by Gasteiger charge is -2.29. The molecule has 1 amide bonds. The zero-order chi connectivity index (χ0) is 28.0. The number of nitrogens with zero attached hydrogens (tertiary/aromatic N) is 4. The first-order valence-corrected chi connectivity index (χ1v) is 13.7. The Labute approximate surface area is 229 Å². The molecule has 0 bridgehead atoms. The molecule has 0 unspecified atom stereocenters. The summed E-state index contributed by atoms with van der Waals surface area (Å²) in [6, 6.07) is 13.1. The Balaban J connectivity index is 2.10. The van der Waals surface area contributed by atoms with Crippen molar-refractivity contribution in [2.75, 3.05) is 50.6 Å². The lowest BCUT2D eigenvalue weighted by Crippen LogP contribution is -2.43. The summed E-state index contributed by atoms with van der Waals surface area (Å²) in [5.41, 5.74) is 2.59.